The molecule has 1 amide bonds. The van der Waals surface area contributed by atoms with Crippen molar-refractivity contribution in [2.45, 2.75) is 12.7 Å². The summed E-state index contributed by atoms with van der Waals surface area (Å²) in [7, 11) is 0. The lowest BCUT2D eigenvalue weighted by molar-refractivity contribution is -0.137. The first-order valence-electron chi connectivity index (χ1n) is 12.6. The van der Waals surface area contributed by atoms with Crippen molar-refractivity contribution in [3.05, 3.63) is 112 Å². The van der Waals surface area contributed by atoms with E-state index >= 15 is 0 Å². The van der Waals surface area contributed by atoms with Crippen molar-refractivity contribution in [2.75, 3.05) is 26.2 Å². The van der Waals surface area contributed by atoms with Crippen molar-refractivity contribution < 1.29 is 22.4 Å². The van der Waals surface area contributed by atoms with Crippen molar-refractivity contribution >= 4 is 27.8 Å². The Kier molecular flexibility index (Phi) is 6.23. The number of fused-ring (bicyclic) bond motifs is 2. The molecule has 1 fully saturated rings. The van der Waals surface area contributed by atoms with E-state index in [4.69, 9.17) is 4.42 Å². The van der Waals surface area contributed by atoms with Crippen molar-refractivity contribution in [1.29, 1.82) is 0 Å². The van der Waals surface area contributed by atoms with Crippen molar-refractivity contribution in [3.8, 4) is 5.69 Å². The molecule has 0 unspecified atom stereocenters. The third-order valence-corrected chi connectivity index (χ3v) is 7.21. The standard InChI is InChI=1S/C30H24F3N3O3/c31-30(32,33)21-6-5-7-22(16-21)36-18-20(23-8-1-3-10-26(23)36)17-34-12-14-35(15-13-34)29(38)25-19-39-27-11-4-2-9-24(27)28(25)37/h1-11,16,18-19H,12-15,17H2. The van der Waals surface area contributed by atoms with E-state index < -0.39 is 11.7 Å². The van der Waals surface area contributed by atoms with Gasteiger partial charge in [-0.25, -0.2) is 0 Å². The molecular formula is C30H24F3N3O3. The predicted octanol–water partition coefficient (Wildman–Crippen LogP) is 5.71. The van der Waals surface area contributed by atoms with Crippen LogP contribution in [0.25, 0.3) is 27.6 Å². The quantitative estimate of drug-likeness (QED) is 0.298. The summed E-state index contributed by atoms with van der Waals surface area (Å²) in [5, 5.41) is 1.33. The molecule has 9 heteroatoms. The van der Waals surface area contributed by atoms with Crippen LogP contribution < -0.4 is 5.43 Å². The summed E-state index contributed by atoms with van der Waals surface area (Å²) < 4.78 is 47.3. The number of piperazine rings is 1. The number of alkyl halides is 3. The van der Waals surface area contributed by atoms with Gasteiger partial charge in [0.2, 0.25) is 5.43 Å². The molecule has 0 atom stereocenters. The molecule has 1 aliphatic heterocycles. The van der Waals surface area contributed by atoms with E-state index in [1.54, 1.807) is 39.8 Å². The number of carbonyl (C=O) groups is 1. The summed E-state index contributed by atoms with van der Waals surface area (Å²) in [6.07, 6.45) is -1.30. The molecule has 0 N–H and O–H groups in total. The number of amides is 1. The highest BCUT2D eigenvalue weighted by molar-refractivity contribution is 5.96. The van der Waals surface area contributed by atoms with Crippen LogP contribution >= 0.6 is 0 Å². The molecule has 6 rings (SSSR count). The Labute approximate surface area is 221 Å². The number of aromatic nitrogens is 1. The Morgan fingerprint density at radius 2 is 1.59 bits per heavy atom. The molecule has 2 aromatic heterocycles. The SMILES string of the molecule is O=C(c1coc2ccccc2c1=O)N1CCN(Cc2cn(-c3cccc(C(F)(F)F)c3)c3ccccc23)CC1. The number of para-hydroxylation sites is 2. The maximum absolute atomic E-state index is 13.3. The van der Waals surface area contributed by atoms with E-state index in [9.17, 15) is 22.8 Å². The number of nitrogens with zero attached hydrogens (tertiary/aromatic N) is 3. The molecule has 0 radical (unpaired) electrons. The average molecular weight is 532 g/mol. The normalized spacial score (nSPS) is 14.8. The van der Waals surface area contributed by atoms with Crippen LogP contribution in [-0.4, -0.2) is 46.5 Å². The van der Waals surface area contributed by atoms with E-state index in [-0.39, 0.29) is 16.9 Å². The lowest BCUT2D eigenvalue weighted by Gasteiger charge is -2.34. The van der Waals surface area contributed by atoms with E-state index in [0.29, 0.717) is 49.4 Å². The number of rotatable bonds is 4. The largest absolute Gasteiger partial charge is 0.463 e. The van der Waals surface area contributed by atoms with Gasteiger partial charge in [0.05, 0.1) is 16.5 Å². The van der Waals surface area contributed by atoms with Crippen molar-refractivity contribution in [3.63, 3.8) is 0 Å². The second kappa shape index (κ2) is 9.74. The van der Waals surface area contributed by atoms with Gasteiger partial charge in [0.1, 0.15) is 17.4 Å². The topological polar surface area (TPSA) is 58.7 Å². The molecule has 0 saturated carbocycles. The number of benzene rings is 3. The van der Waals surface area contributed by atoms with Gasteiger partial charge in [0.25, 0.3) is 5.91 Å². The highest BCUT2D eigenvalue weighted by Crippen LogP contribution is 2.32. The molecule has 0 bridgehead atoms. The van der Waals surface area contributed by atoms with Crippen LogP contribution in [0, 0.1) is 0 Å². The van der Waals surface area contributed by atoms with Gasteiger partial charge in [-0.15, -0.1) is 0 Å². The Balaban J connectivity index is 1.20. The van der Waals surface area contributed by atoms with E-state index in [1.807, 2.05) is 30.5 Å². The zero-order chi connectivity index (χ0) is 27.1. The molecule has 3 aromatic carbocycles. The van der Waals surface area contributed by atoms with E-state index in [0.717, 1.165) is 28.6 Å². The smallest absolute Gasteiger partial charge is 0.416 e. The first-order valence-corrected chi connectivity index (χ1v) is 12.6. The fourth-order valence-corrected chi connectivity index (χ4v) is 5.17. The summed E-state index contributed by atoms with van der Waals surface area (Å²) in [4.78, 5) is 29.8. The number of carbonyl (C=O) groups excluding carboxylic acids is 1. The summed E-state index contributed by atoms with van der Waals surface area (Å²) in [6, 6.07) is 19.8. The predicted molar refractivity (Wildman–Crippen MR) is 142 cm³/mol. The van der Waals surface area contributed by atoms with Crippen LogP contribution in [0.2, 0.25) is 0 Å². The summed E-state index contributed by atoms with van der Waals surface area (Å²) in [5.41, 5.74) is 1.67. The monoisotopic (exact) mass is 531 g/mol. The van der Waals surface area contributed by atoms with Crippen LogP contribution in [0.15, 0.2) is 94.5 Å². The fourth-order valence-electron chi connectivity index (χ4n) is 5.17. The minimum Gasteiger partial charge on any atom is -0.463 e. The van der Waals surface area contributed by atoms with Crippen LogP contribution in [0.4, 0.5) is 13.2 Å². The molecule has 3 heterocycles. The van der Waals surface area contributed by atoms with Crippen LogP contribution in [0.3, 0.4) is 0 Å². The number of halogens is 3. The second-order valence-corrected chi connectivity index (χ2v) is 9.63. The zero-order valence-corrected chi connectivity index (χ0v) is 20.8. The third kappa shape index (κ3) is 4.70. The molecule has 6 nitrogen and oxygen atoms in total. The number of hydrogen-bond donors (Lipinski definition) is 0. The molecule has 198 valence electrons. The summed E-state index contributed by atoms with van der Waals surface area (Å²) >= 11 is 0. The first-order chi connectivity index (χ1) is 18.8. The van der Waals surface area contributed by atoms with Gasteiger partial charge in [-0.3, -0.25) is 14.5 Å². The molecular weight excluding hydrogens is 507 g/mol. The minimum atomic E-state index is -4.42. The lowest BCUT2D eigenvalue weighted by atomic mass is 10.1. The van der Waals surface area contributed by atoms with Gasteiger partial charge < -0.3 is 13.9 Å². The van der Waals surface area contributed by atoms with Crippen LogP contribution in [0.5, 0.6) is 0 Å². The maximum Gasteiger partial charge on any atom is 0.416 e. The Morgan fingerprint density at radius 1 is 0.872 bits per heavy atom. The maximum atomic E-state index is 13.3. The fraction of sp³-hybridized carbons (Fsp3) is 0.200. The van der Waals surface area contributed by atoms with E-state index in [2.05, 4.69) is 4.90 Å². The highest BCUT2D eigenvalue weighted by atomic mass is 19.4. The molecule has 1 aliphatic rings. The van der Waals surface area contributed by atoms with E-state index in [1.165, 1.54) is 12.3 Å². The third-order valence-electron chi connectivity index (χ3n) is 7.21. The van der Waals surface area contributed by atoms with Gasteiger partial charge >= 0.3 is 6.18 Å². The lowest BCUT2D eigenvalue weighted by Crippen LogP contribution is -2.49. The minimum absolute atomic E-state index is 0.0197. The zero-order valence-electron chi connectivity index (χ0n) is 20.8. The van der Waals surface area contributed by atoms with Crippen LogP contribution in [0.1, 0.15) is 21.5 Å². The van der Waals surface area contributed by atoms with Crippen LogP contribution in [-0.2, 0) is 12.7 Å². The van der Waals surface area contributed by atoms with Gasteiger partial charge in [-0.2, -0.15) is 13.2 Å². The molecule has 1 saturated heterocycles. The first kappa shape index (κ1) is 24.9. The molecule has 0 aliphatic carbocycles. The van der Waals surface area contributed by atoms with Crippen molar-refractivity contribution in [1.82, 2.24) is 14.4 Å². The second-order valence-electron chi connectivity index (χ2n) is 9.63. The van der Waals surface area contributed by atoms with Crippen molar-refractivity contribution in [2.24, 2.45) is 0 Å². The Morgan fingerprint density at radius 3 is 2.36 bits per heavy atom. The van der Waals surface area contributed by atoms with Gasteiger partial charge in [-0.05, 0) is 42.0 Å². The highest BCUT2D eigenvalue weighted by Gasteiger charge is 2.31. The molecule has 0 spiro atoms. The molecule has 39 heavy (non-hydrogen) atoms. The molecule has 5 aromatic rings. The van der Waals surface area contributed by atoms with Gasteiger partial charge in [0.15, 0.2) is 0 Å². The Hall–Kier alpha value is -4.37. The summed E-state index contributed by atoms with van der Waals surface area (Å²) in [5.74, 6) is -0.352. The summed E-state index contributed by atoms with van der Waals surface area (Å²) in [6.45, 7) is 2.64. The van der Waals surface area contributed by atoms with Gasteiger partial charge in [-0.1, -0.05) is 36.4 Å². The van der Waals surface area contributed by atoms with Gasteiger partial charge in [0, 0.05) is 50.0 Å². The average Bonchev–Trinajstić information content (AvgIpc) is 3.31. The number of hydrogen-bond acceptors (Lipinski definition) is 4. The Bertz CT molecular complexity index is 1750.